The summed E-state index contributed by atoms with van der Waals surface area (Å²) < 4.78 is 55.9. The fraction of sp³-hybridized carbons (Fsp3) is 0.286. The highest BCUT2D eigenvalue weighted by molar-refractivity contribution is 7.73. The van der Waals surface area contributed by atoms with Gasteiger partial charge in [0.15, 0.2) is 28.8 Å². The van der Waals surface area contributed by atoms with Gasteiger partial charge < -0.3 is 29.9 Å². The molecule has 17 heteroatoms. The van der Waals surface area contributed by atoms with Gasteiger partial charge >= 0.3 is 11.9 Å². The van der Waals surface area contributed by atoms with Gasteiger partial charge in [-0.15, -0.1) is 0 Å². The molecule has 5 rings (SSSR count). The summed E-state index contributed by atoms with van der Waals surface area (Å²) >= 11 is 0. The number of carboxylic acids is 2. The summed E-state index contributed by atoms with van der Waals surface area (Å²) in [7, 11) is -2.80. The number of aryl methyl sites for hydroxylation is 3. The van der Waals surface area contributed by atoms with Crippen molar-refractivity contribution in [1.29, 1.82) is 0 Å². The smallest absolute Gasteiger partial charge is 0.335 e. The van der Waals surface area contributed by atoms with E-state index < -0.39 is 57.5 Å². The maximum absolute atomic E-state index is 14.5. The van der Waals surface area contributed by atoms with Crippen LogP contribution in [0.5, 0.6) is 0 Å². The maximum atomic E-state index is 14.5. The highest BCUT2D eigenvalue weighted by atomic mass is 32.2. The van der Waals surface area contributed by atoms with Crippen LogP contribution in [0.25, 0.3) is 22.0 Å². The van der Waals surface area contributed by atoms with Crippen LogP contribution in [0.4, 0.5) is 8.78 Å². The Kier molecular flexibility index (Phi) is 16.2. The third-order valence-electron chi connectivity index (χ3n) is 9.47. The number of carbonyl (C=O) groups is 3. The van der Waals surface area contributed by atoms with Gasteiger partial charge in [0.05, 0.1) is 10.9 Å². The number of hydrogen-bond donors (Lipinski definition) is 4. The van der Waals surface area contributed by atoms with E-state index in [4.69, 9.17) is 20.4 Å². The molecule has 0 saturated carbocycles. The Morgan fingerprint density at radius 2 is 1.36 bits per heavy atom. The lowest BCUT2D eigenvalue weighted by Gasteiger charge is -2.28. The molecule has 2 unspecified atom stereocenters. The van der Waals surface area contributed by atoms with Crippen molar-refractivity contribution in [3.05, 3.63) is 135 Å². The zero-order valence-corrected chi connectivity index (χ0v) is 33.3. The summed E-state index contributed by atoms with van der Waals surface area (Å²) in [6.45, 7) is 7.53. The van der Waals surface area contributed by atoms with Gasteiger partial charge in [0.2, 0.25) is 16.2 Å². The number of benzene rings is 4. The normalized spacial score (nSPS) is 12.0. The summed E-state index contributed by atoms with van der Waals surface area (Å²) in [5.74, 6) is -5.86. The molecule has 1 aromatic heterocycles. The molecule has 2 atom stereocenters. The van der Waals surface area contributed by atoms with Crippen molar-refractivity contribution in [1.82, 2.24) is 19.4 Å². The molecule has 4 N–H and O–H groups in total. The van der Waals surface area contributed by atoms with E-state index in [2.05, 4.69) is 9.88 Å². The first-order valence-corrected chi connectivity index (χ1v) is 19.5. The summed E-state index contributed by atoms with van der Waals surface area (Å²) in [5.41, 5.74) is 3.34. The molecule has 4 aromatic carbocycles. The van der Waals surface area contributed by atoms with E-state index in [1.165, 1.54) is 17.0 Å². The molecule has 0 bridgehead atoms. The average molecular weight is 835 g/mol. The van der Waals surface area contributed by atoms with Crippen LogP contribution >= 0.6 is 0 Å². The zero-order chi connectivity index (χ0) is 43.4. The van der Waals surface area contributed by atoms with Crippen molar-refractivity contribution >= 4 is 44.0 Å². The standard InChI is InChI=1S/C38H38F2N4O4S.C4H6O6/c1-4-42(5-2)23-24-43(38(49(47)48)30-19-17-28(18-20-30)27-15-13-26(3)14-16-27)35(45)25-44-33-12-7-6-10-31(33)37(46)41-34(44)22-21-29-9-8-11-32(39)36(29)40;5-1(3(7)8)2(6)4(9)10/h6-20H,4-5,21-25H2,1-3H3;1-2,5-6H,(H,7,8)(H,9,10). The van der Waals surface area contributed by atoms with Crippen molar-refractivity contribution in [2.75, 3.05) is 26.2 Å². The van der Waals surface area contributed by atoms with E-state index in [0.717, 1.165) is 22.8 Å². The lowest BCUT2D eigenvalue weighted by atomic mass is 10.0. The number of aliphatic hydroxyl groups excluding tert-OH is 2. The molecule has 0 aliphatic rings. The van der Waals surface area contributed by atoms with Crippen LogP contribution in [-0.4, -0.2) is 109 Å². The van der Waals surface area contributed by atoms with Crippen LogP contribution in [0.15, 0.2) is 95.8 Å². The van der Waals surface area contributed by atoms with E-state index in [-0.39, 0.29) is 47.7 Å². The number of aliphatic carboxylic acids is 2. The quantitative estimate of drug-likeness (QED) is 0.112. The number of fused-ring (bicyclic) bond motifs is 1. The number of aliphatic hydroxyl groups is 2. The second-order valence-corrected chi connectivity index (χ2v) is 14.1. The van der Waals surface area contributed by atoms with Crippen molar-refractivity contribution < 1.29 is 52.0 Å². The molecule has 5 aromatic rings. The summed E-state index contributed by atoms with van der Waals surface area (Å²) in [5, 5.41) is 32.8. The fourth-order valence-electron chi connectivity index (χ4n) is 6.13. The molecule has 1 amide bonds. The van der Waals surface area contributed by atoms with Gasteiger partial charge in [-0.05, 0) is 61.3 Å². The average Bonchev–Trinajstić information content (AvgIpc) is 3.22. The number of halogens is 2. The van der Waals surface area contributed by atoms with E-state index in [1.807, 2.05) is 57.2 Å². The van der Waals surface area contributed by atoms with Crippen LogP contribution in [0, 0.1) is 18.6 Å². The third kappa shape index (κ3) is 11.7. The fourth-order valence-corrected chi connectivity index (χ4v) is 6.83. The molecule has 0 saturated heterocycles. The monoisotopic (exact) mass is 834 g/mol. The molecule has 0 aliphatic heterocycles. The van der Waals surface area contributed by atoms with Gasteiger partial charge in [-0.2, -0.15) is 13.4 Å². The predicted octanol–water partition coefficient (Wildman–Crippen LogP) is 3.54. The molecule has 0 radical (unpaired) electrons. The molecule has 1 heterocycles. The van der Waals surface area contributed by atoms with Gasteiger partial charge in [0.25, 0.3) is 5.56 Å². The number of carbonyl (C=O) groups excluding carboxylic acids is 1. The lowest BCUT2D eigenvalue weighted by molar-refractivity contribution is -0.165. The third-order valence-corrected chi connectivity index (χ3v) is 10.2. The topological polar surface area (TPSA) is 208 Å². The number of para-hydroxylation sites is 1. The lowest BCUT2D eigenvalue weighted by Crippen LogP contribution is -2.45. The van der Waals surface area contributed by atoms with E-state index in [0.29, 0.717) is 30.7 Å². The molecular weight excluding hydrogens is 791 g/mol. The van der Waals surface area contributed by atoms with E-state index in [1.54, 1.807) is 41.0 Å². The largest absolute Gasteiger partial charge is 0.479 e. The molecule has 312 valence electrons. The number of rotatable bonds is 15. The van der Waals surface area contributed by atoms with Crippen LogP contribution in [0.3, 0.4) is 0 Å². The minimum atomic E-state index is -2.80. The van der Waals surface area contributed by atoms with Crippen LogP contribution in [-0.2, 0) is 44.1 Å². The van der Waals surface area contributed by atoms with Crippen molar-refractivity contribution in [3.63, 3.8) is 0 Å². The Balaban J connectivity index is 0.000000680. The number of amides is 1. The van der Waals surface area contributed by atoms with Gasteiger partial charge in [-0.25, -0.2) is 18.4 Å². The predicted molar refractivity (Wildman–Crippen MR) is 216 cm³/mol. The molecule has 0 aliphatic carbocycles. The summed E-state index contributed by atoms with van der Waals surface area (Å²) in [6.07, 6.45) is -4.49. The van der Waals surface area contributed by atoms with Crippen LogP contribution in [0.1, 0.15) is 36.4 Å². The van der Waals surface area contributed by atoms with E-state index >= 15 is 0 Å². The van der Waals surface area contributed by atoms with Gasteiger partial charge in [-0.3, -0.25) is 14.5 Å². The first-order valence-electron chi connectivity index (χ1n) is 18.5. The van der Waals surface area contributed by atoms with Crippen LogP contribution in [0.2, 0.25) is 0 Å². The summed E-state index contributed by atoms with van der Waals surface area (Å²) in [4.78, 5) is 54.4. The Labute approximate surface area is 339 Å². The minimum Gasteiger partial charge on any atom is -0.479 e. The number of hydrogen-bond acceptors (Lipinski definition) is 10. The molecule has 0 spiro atoms. The molecule has 0 fully saturated rings. The van der Waals surface area contributed by atoms with Crippen molar-refractivity contribution in [2.24, 2.45) is 0 Å². The molecule has 14 nitrogen and oxygen atoms in total. The SMILES string of the molecule is CCN(CC)CCN(C(=O)Cn1c(CCc2cccc(F)c2F)nc(=O)c2ccccc21)C(c1ccc(-c2ccc(C)cc2)cc1)=S(=O)=O.O=C(O)C(O)C(O)C(=O)O. The number of carboxylic acid groups (broad SMARTS) is 2. The second kappa shape index (κ2) is 21.0. The zero-order valence-electron chi connectivity index (χ0n) is 32.5. The first-order chi connectivity index (χ1) is 28.1. The molecule has 59 heavy (non-hydrogen) atoms. The Morgan fingerprint density at radius 3 is 1.92 bits per heavy atom. The highest BCUT2D eigenvalue weighted by Gasteiger charge is 2.29. The van der Waals surface area contributed by atoms with E-state index in [9.17, 15) is 36.4 Å². The van der Waals surface area contributed by atoms with Gasteiger partial charge in [0.1, 0.15) is 12.4 Å². The Morgan fingerprint density at radius 1 is 0.780 bits per heavy atom. The Bertz CT molecular complexity index is 2460. The summed E-state index contributed by atoms with van der Waals surface area (Å²) in [6, 6.07) is 25.6. The number of nitrogens with zero attached hydrogens (tertiary/aromatic N) is 4. The van der Waals surface area contributed by atoms with Gasteiger partial charge in [-0.1, -0.05) is 92.2 Å². The molecular formula is C42H44F2N4O10S. The van der Waals surface area contributed by atoms with Crippen molar-refractivity contribution in [2.45, 2.75) is 52.4 Å². The Hall–Kier alpha value is -6.14. The van der Waals surface area contributed by atoms with Crippen LogP contribution < -0.4 is 5.56 Å². The maximum Gasteiger partial charge on any atom is 0.335 e. The second-order valence-electron chi connectivity index (χ2n) is 13.3. The number of aromatic nitrogens is 2. The first kappa shape index (κ1) is 45.6. The highest BCUT2D eigenvalue weighted by Crippen LogP contribution is 2.22. The number of likely N-dealkylation sites (N-methyl/N-ethyl adjacent to an activating group) is 1. The van der Waals surface area contributed by atoms with Gasteiger partial charge in [0, 0.05) is 25.1 Å². The van der Waals surface area contributed by atoms with Crippen molar-refractivity contribution in [3.8, 4) is 11.1 Å². The minimum absolute atomic E-state index is 0.0174.